The Morgan fingerprint density at radius 3 is 2.88 bits per heavy atom. The minimum absolute atomic E-state index is 0.0142. The molecule has 3 heterocycles. The van der Waals surface area contributed by atoms with Crippen LogP contribution in [0.1, 0.15) is 20.8 Å². The standard InChI is InChI=1S/C18H15NO5S/c20-17(12-3-4-14-15(8-12)24-11-23-14)19-10-18(21,13-5-6-22-9-13)16-2-1-7-25-16/h1-9,21H,10-11H2,(H,19,20). The Morgan fingerprint density at radius 2 is 2.12 bits per heavy atom. The lowest BCUT2D eigenvalue weighted by Gasteiger charge is -2.26. The van der Waals surface area contributed by atoms with Crippen molar-refractivity contribution in [3.63, 3.8) is 0 Å². The molecular weight excluding hydrogens is 342 g/mol. The van der Waals surface area contributed by atoms with Gasteiger partial charge < -0.3 is 24.3 Å². The summed E-state index contributed by atoms with van der Waals surface area (Å²) in [5.41, 5.74) is -0.335. The number of nitrogens with one attached hydrogen (secondary N) is 1. The minimum atomic E-state index is -1.35. The van der Waals surface area contributed by atoms with Crippen LogP contribution in [0.5, 0.6) is 11.5 Å². The normalized spacial score (nSPS) is 14.9. The van der Waals surface area contributed by atoms with Crippen LogP contribution in [-0.4, -0.2) is 24.4 Å². The van der Waals surface area contributed by atoms with Gasteiger partial charge in [0.2, 0.25) is 6.79 Å². The SMILES string of the molecule is O=C(NCC(O)(c1ccoc1)c1cccs1)c1ccc2c(c1)OCO2. The maximum atomic E-state index is 12.5. The molecule has 1 aliphatic rings. The summed E-state index contributed by atoms with van der Waals surface area (Å²) in [6, 6.07) is 10.3. The van der Waals surface area contributed by atoms with Gasteiger partial charge in [-0.2, -0.15) is 0 Å². The number of benzene rings is 1. The molecule has 1 aromatic carbocycles. The fraction of sp³-hybridized carbons (Fsp3) is 0.167. The van der Waals surface area contributed by atoms with E-state index in [1.54, 1.807) is 24.3 Å². The molecule has 25 heavy (non-hydrogen) atoms. The zero-order valence-electron chi connectivity index (χ0n) is 13.1. The van der Waals surface area contributed by atoms with Crippen LogP contribution in [0.15, 0.2) is 58.7 Å². The van der Waals surface area contributed by atoms with Gasteiger partial charge in [-0.25, -0.2) is 0 Å². The molecule has 0 bridgehead atoms. The van der Waals surface area contributed by atoms with E-state index in [2.05, 4.69) is 5.32 Å². The number of carbonyl (C=O) groups is 1. The Hall–Kier alpha value is -2.77. The molecule has 1 amide bonds. The average Bonchev–Trinajstić information content (AvgIpc) is 3.40. The van der Waals surface area contributed by atoms with Gasteiger partial charge in [0.25, 0.3) is 5.91 Å². The lowest BCUT2D eigenvalue weighted by atomic mass is 9.94. The van der Waals surface area contributed by atoms with Crippen LogP contribution in [0.4, 0.5) is 0 Å². The molecule has 0 aliphatic carbocycles. The van der Waals surface area contributed by atoms with Crippen molar-refractivity contribution in [3.05, 3.63) is 70.3 Å². The molecule has 1 aliphatic heterocycles. The minimum Gasteiger partial charge on any atom is -0.472 e. The quantitative estimate of drug-likeness (QED) is 0.734. The van der Waals surface area contributed by atoms with Crippen LogP contribution in [0, 0.1) is 0 Å². The molecule has 3 aromatic rings. The van der Waals surface area contributed by atoms with E-state index in [0.717, 1.165) is 4.88 Å². The topological polar surface area (TPSA) is 80.9 Å². The first-order valence-electron chi connectivity index (χ1n) is 7.64. The first kappa shape index (κ1) is 15.7. The molecule has 0 fully saturated rings. The lowest BCUT2D eigenvalue weighted by molar-refractivity contribution is 0.0714. The van der Waals surface area contributed by atoms with Gasteiger partial charge in [0.1, 0.15) is 5.60 Å². The van der Waals surface area contributed by atoms with Crippen LogP contribution in [0.3, 0.4) is 0 Å². The summed E-state index contributed by atoms with van der Waals surface area (Å²) in [6.45, 7) is 0.166. The molecule has 0 radical (unpaired) electrons. The summed E-state index contributed by atoms with van der Waals surface area (Å²) >= 11 is 1.41. The number of fused-ring (bicyclic) bond motifs is 1. The smallest absolute Gasteiger partial charge is 0.251 e. The molecule has 4 rings (SSSR count). The number of hydrogen-bond donors (Lipinski definition) is 2. The van der Waals surface area contributed by atoms with Gasteiger partial charge in [0, 0.05) is 16.0 Å². The molecule has 2 aromatic heterocycles. The van der Waals surface area contributed by atoms with E-state index in [1.807, 2.05) is 17.5 Å². The summed E-state index contributed by atoms with van der Waals surface area (Å²) < 4.78 is 15.6. The molecule has 0 spiro atoms. The highest BCUT2D eigenvalue weighted by molar-refractivity contribution is 7.10. The highest BCUT2D eigenvalue weighted by Crippen LogP contribution is 2.34. The van der Waals surface area contributed by atoms with Crippen molar-refractivity contribution in [2.75, 3.05) is 13.3 Å². The van der Waals surface area contributed by atoms with Gasteiger partial charge >= 0.3 is 0 Å². The first-order chi connectivity index (χ1) is 12.2. The van der Waals surface area contributed by atoms with Crippen molar-refractivity contribution in [2.45, 2.75) is 5.60 Å². The Morgan fingerprint density at radius 1 is 1.24 bits per heavy atom. The van der Waals surface area contributed by atoms with Crippen molar-refractivity contribution in [3.8, 4) is 11.5 Å². The van der Waals surface area contributed by atoms with E-state index in [0.29, 0.717) is 22.6 Å². The number of aliphatic hydroxyl groups is 1. The fourth-order valence-corrected chi connectivity index (χ4v) is 3.54. The van der Waals surface area contributed by atoms with Crippen molar-refractivity contribution >= 4 is 17.2 Å². The second-order valence-electron chi connectivity index (χ2n) is 5.60. The molecule has 6 nitrogen and oxygen atoms in total. The molecule has 2 N–H and O–H groups in total. The highest BCUT2D eigenvalue weighted by Gasteiger charge is 2.34. The van der Waals surface area contributed by atoms with Crippen LogP contribution in [0.2, 0.25) is 0 Å². The molecule has 1 atom stereocenters. The van der Waals surface area contributed by atoms with Crippen molar-refractivity contribution < 1.29 is 23.8 Å². The average molecular weight is 357 g/mol. The third-order valence-corrected chi connectivity index (χ3v) is 5.09. The lowest BCUT2D eigenvalue weighted by Crippen LogP contribution is -2.41. The summed E-state index contributed by atoms with van der Waals surface area (Å²) in [5, 5.41) is 15.8. The molecule has 0 saturated heterocycles. The van der Waals surface area contributed by atoms with Crippen LogP contribution < -0.4 is 14.8 Å². The van der Waals surface area contributed by atoms with E-state index in [4.69, 9.17) is 13.9 Å². The predicted molar refractivity (Wildman–Crippen MR) is 90.9 cm³/mol. The largest absolute Gasteiger partial charge is 0.472 e. The van der Waals surface area contributed by atoms with Gasteiger partial charge in [0.15, 0.2) is 11.5 Å². The number of rotatable bonds is 5. The maximum absolute atomic E-state index is 12.5. The Bertz CT molecular complexity index is 839. The monoisotopic (exact) mass is 357 g/mol. The van der Waals surface area contributed by atoms with E-state index in [1.165, 1.54) is 23.9 Å². The van der Waals surface area contributed by atoms with E-state index in [-0.39, 0.29) is 19.2 Å². The summed E-state index contributed by atoms with van der Waals surface area (Å²) in [4.78, 5) is 13.2. The summed E-state index contributed by atoms with van der Waals surface area (Å²) in [6.07, 6.45) is 2.97. The van der Waals surface area contributed by atoms with Gasteiger partial charge in [-0.1, -0.05) is 6.07 Å². The number of furan rings is 1. The zero-order chi connectivity index (χ0) is 17.3. The van der Waals surface area contributed by atoms with E-state index >= 15 is 0 Å². The highest BCUT2D eigenvalue weighted by atomic mass is 32.1. The molecular formula is C18H15NO5S. The number of ether oxygens (including phenoxy) is 2. The zero-order valence-corrected chi connectivity index (χ0v) is 13.9. The fourth-order valence-electron chi connectivity index (χ4n) is 2.69. The van der Waals surface area contributed by atoms with E-state index in [9.17, 15) is 9.90 Å². The molecule has 1 unspecified atom stereocenters. The Balaban J connectivity index is 1.55. The van der Waals surface area contributed by atoms with Crippen molar-refractivity contribution in [1.82, 2.24) is 5.32 Å². The Kier molecular flexibility index (Phi) is 3.95. The number of hydrogen-bond acceptors (Lipinski definition) is 6. The predicted octanol–water partition coefficient (Wildman–Crippen LogP) is 2.74. The van der Waals surface area contributed by atoms with Crippen molar-refractivity contribution in [1.29, 1.82) is 0 Å². The van der Waals surface area contributed by atoms with E-state index < -0.39 is 5.60 Å². The van der Waals surface area contributed by atoms with Crippen LogP contribution >= 0.6 is 11.3 Å². The van der Waals surface area contributed by atoms with Crippen molar-refractivity contribution in [2.24, 2.45) is 0 Å². The second-order valence-corrected chi connectivity index (χ2v) is 6.55. The number of carbonyl (C=O) groups excluding carboxylic acids is 1. The molecule has 128 valence electrons. The van der Waals surface area contributed by atoms with Gasteiger partial charge in [0.05, 0.1) is 19.1 Å². The maximum Gasteiger partial charge on any atom is 0.251 e. The summed E-state index contributed by atoms with van der Waals surface area (Å²) in [5.74, 6) is 0.845. The third kappa shape index (κ3) is 2.88. The van der Waals surface area contributed by atoms with Gasteiger partial charge in [-0.05, 0) is 35.7 Å². The molecule has 0 saturated carbocycles. The van der Waals surface area contributed by atoms with Gasteiger partial charge in [-0.3, -0.25) is 4.79 Å². The second kappa shape index (κ2) is 6.27. The third-order valence-electron chi connectivity index (χ3n) is 4.07. The number of thiophene rings is 1. The first-order valence-corrected chi connectivity index (χ1v) is 8.52. The number of amides is 1. The van der Waals surface area contributed by atoms with Crippen LogP contribution in [0.25, 0.3) is 0 Å². The Labute approximate surface area is 147 Å². The summed E-state index contributed by atoms with van der Waals surface area (Å²) in [7, 11) is 0. The molecule has 7 heteroatoms. The van der Waals surface area contributed by atoms with Gasteiger partial charge in [-0.15, -0.1) is 11.3 Å². The van der Waals surface area contributed by atoms with Crippen LogP contribution in [-0.2, 0) is 5.60 Å².